The number of aryl methyl sites for hydroxylation is 1. The van der Waals surface area contributed by atoms with Gasteiger partial charge in [0.05, 0.1) is 7.11 Å². The summed E-state index contributed by atoms with van der Waals surface area (Å²) in [7, 11) is -3.04. The smallest absolute Gasteiger partial charge is 0.341 e. The Labute approximate surface area is 179 Å². The molecule has 0 aromatic heterocycles. The molecule has 0 atom stereocenters. The lowest BCUT2D eigenvalue weighted by Gasteiger charge is -2.14. The topological polar surface area (TPSA) is 111 Å². The highest BCUT2D eigenvalue weighted by Crippen LogP contribution is 2.28. The molecule has 3 rings (SSSR count). The summed E-state index contributed by atoms with van der Waals surface area (Å²) in [6.45, 7) is 1.63. The van der Waals surface area contributed by atoms with E-state index in [9.17, 15) is 18.0 Å². The summed E-state index contributed by atoms with van der Waals surface area (Å²) in [5.41, 5.74) is 1.17. The summed E-state index contributed by atoms with van der Waals surface area (Å²) < 4.78 is 35.4. The molecule has 0 saturated heterocycles. The Bertz CT molecular complexity index is 1210. The van der Waals surface area contributed by atoms with Gasteiger partial charge in [0, 0.05) is 11.4 Å². The summed E-state index contributed by atoms with van der Waals surface area (Å²) in [6.07, 6.45) is 0. The fourth-order valence-corrected chi connectivity index (χ4v) is 3.94. The minimum atomic E-state index is -4.19. The fourth-order valence-electron chi connectivity index (χ4n) is 2.76. The number of hydrogen-bond donors (Lipinski definition) is 2. The molecule has 0 aliphatic rings. The number of para-hydroxylation sites is 1. The van der Waals surface area contributed by atoms with E-state index in [2.05, 4.69) is 10.6 Å². The minimum Gasteiger partial charge on any atom is -0.465 e. The molecule has 0 aliphatic heterocycles. The first kappa shape index (κ1) is 21.8. The maximum atomic E-state index is 12.7. The first-order chi connectivity index (χ1) is 14.8. The standard InChI is InChI=1S/C22H20N2O6S/c1-15-8-6-7-11-20(15)31(27,28)30-19-13-12-17(14-18(19)21(25)29-2)24-22(26)23-16-9-4-3-5-10-16/h3-14H,1-2H3,(H2,23,24,26). The van der Waals surface area contributed by atoms with Gasteiger partial charge in [0.15, 0.2) is 5.75 Å². The summed E-state index contributed by atoms with van der Waals surface area (Å²) in [5.74, 6) is -1.04. The first-order valence-corrected chi connectivity index (χ1v) is 10.6. The number of hydrogen-bond acceptors (Lipinski definition) is 6. The van der Waals surface area contributed by atoms with Gasteiger partial charge in [-0.25, -0.2) is 9.59 Å². The van der Waals surface area contributed by atoms with Crippen LogP contribution in [0.3, 0.4) is 0 Å². The molecule has 160 valence electrons. The molecule has 0 unspecified atom stereocenters. The number of ether oxygens (including phenoxy) is 1. The average Bonchev–Trinajstić information content (AvgIpc) is 2.75. The first-order valence-electron chi connectivity index (χ1n) is 9.15. The third-order valence-corrected chi connectivity index (χ3v) is 5.63. The van der Waals surface area contributed by atoms with Gasteiger partial charge in [-0.2, -0.15) is 8.42 Å². The van der Waals surface area contributed by atoms with Crippen molar-refractivity contribution in [1.29, 1.82) is 0 Å². The van der Waals surface area contributed by atoms with E-state index in [1.165, 1.54) is 24.3 Å². The highest BCUT2D eigenvalue weighted by Gasteiger charge is 2.23. The molecule has 9 heteroatoms. The van der Waals surface area contributed by atoms with E-state index < -0.39 is 22.1 Å². The van der Waals surface area contributed by atoms with Crippen molar-refractivity contribution in [2.24, 2.45) is 0 Å². The van der Waals surface area contributed by atoms with Crippen molar-refractivity contribution in [2.75, 3.05) is 17.7 Å². The second kappa shape index (κ2) is 9.31. The van der Waals surface area contributed by atoms with Gasteiger partial charge < -0.3 is 19.6 Å². The lowest BCUT2D eigenvalue weighted by molar-refractivity contribution is 0.0599. The Hall–Kier alpha value is -3.85. The van der Waals surface area contributed by atoms with Gasteiger partial charge in [0.25, 0.3) is 0 Å². The van der Waals surface area contributed by atoms with Crippen LogP contribution in [0.5, 0.6) is 5.75 Å². The van der Waals surface area contributed by atoms with E-state index in [0.717, 1.165) is 7.11 Å². The Morgan fingerprint density at radius 1 is 0.839 bits per heavy atom. The number of carbonyl (C=O) groups excluding carboxylic acids is 2. The maximum Gasteiger partial charge on any atom is 0.341 e. The van der Waals surface area contributed by atoms with Crippen LogP contribution in [0, 0.1) is 6.92 Å². The van der Waals surface area contributed by atoms with E-state index in [-0.39, 0.29) is 21.9 Å². The van der Waals surface area contributed by atoms with Crippen LogP contribution in [-0.2, 0) is 14.9 Å². The Morgan fingerprint density at radius 3 is 2.16 bits per heavy atom. The van der Waals surface area contributed by atoms with Gasteiger partial charge in [0.1, 0.15) is 10.5 Å². The number of nitrogens with one attached hydrogen (secondary N) is 2. The van der Waals surface area contributed by atoms with Crippen molar-refractivity contribution in [3.63, 3.8) is 0 Å². The number of urea groups is 1. The highest BCUT2D eigenvalue weighted by atomic mass is 32.2. The third-order valence-electron chi connectivity index (χ3n) is 4.24. The van der Waals surface area contributed by atoms with Crippen LogP contribution >= 0.6 is 0 Å². The average molecular weight is 440 g/mol. The van der Waals surface area contributed by atoms with Crippen molar-refractivity contribution in [1.82, 2.24) is 0 Å². The molecule has 2 amide bonds. The molecule has 0 spiro atoms. The molecule has 0 aliphatic carbocycles. The van der Waals surface area contributed by atoms with Crippen molar-refractivity contribution in [2.45, 2.75) is 11.8 Å². The van der Waals surface area contributed by atoms with Crippen LogP contribution < -0.4 is 14.8 Å². The van der Waals surface area contributed by atoms with Crippen LogP contribution in [0.1, 0.15) is 15.9 Å². The summed E-state index contributed by atoms with van der Waals surface area (Å²) in [4.78, 5) is 24.4. The summed E-state index contributed by atoms with van der Waals surface area (Å²) >= 11 is 0. The molecule has 3 aromatic carbocycles. The molecule has 0 bridgehead atoms. The zero-order chi connectivity index (χ0) is 22.4. The highest BCUT2D eigenvalue weighted by molar-refractivity contribution is 7.87. The van der Waals surface area contributed by atoms with Gasteiger partial charge in [-0.05, 0) is 48.9 Å². The van der Waals surface area contributed by atoms with Crippen molar-refractivity contribution in [3.05, 3.63) is 83.9 Å². The molecule has 0 heterocycles. The number of amides is 2. The van der Waals surface area contributed by atoms with Gasteiger partial charge in [-0.3, -0.25) is 0 Å². The van der Waals surface area contributed by atoms with Crippen LogP contribution in [-0.4, -0.2) is 27.5 Å². The van der Waals surface area contributed by atoms with Crippen molar-refractivity contribution < 1.29 is 26.9 Å². The van der Waals surface area contributed by atoms with Crippen LogP contribution in [0.4, 0.5) is 16.2 Å². The zero-order valence-electron chi connectivity index (χ0n) is 16.8. The number of methoxy groups -OCH3 is 1. The second-order valence-corrected chi connectivity index (χ2v) is 7.97. The van der Waals surface area contributed by atoms with E-state index >= 15 is 0 Å². The molecule has 3 aromatic rings. The van der Waals surface area contributed by atoms with Gasteiger partial charge in [0.2, 0.25) is 0 Å². The zero-order valence-corrected chi connectivity index (χ0v) is 17.6. The number of carbonyl (C=O) groups is 2. The molecule has 0 radical (unpaired) electrons. The predicted molar refractivity (Wildman–Crippen MR) is 116 cm³/mol. The Morgan fingerprint density at radius 2 is 1.48 bits per heavy atom. The lowest BCUT2D eigenvalue weighted by atomic mass is 10.2. The van der Waals surface area contributed by atoms with Gasteiger partial charge >= 0.3 is 22.1 Å². The molecule has 8 nitrogen and oxygen atoms in total. The van der Waals surface area contributed by atoms with E-state index in [1.807, 2.05) is 6.07 Å². The van der Waals surface area contributed by atoms with Crippen LogP contribution in [0.25, 0.3) is 0 Å². The van der Waals surface area contributed by atoms with E-state index in [0.29, 0.717) is 11.3 Å². The number of benzene rings is 3. The quantitative estimate of drug-likeness (QED) is 0.439. The number of esters is 1. The fraction of sp³-hybridized carbons (Fsp3) is 0.0909. The van der Waals surface area contributed by atoms with E-state index in [4.69, 9.17) is 8.92 Å². The maximum absolute atomic E-state index is 12.7. The van der Waals surface area contributed by atoms with Crippen LogP contribution in [0.15, 0.2) is 77.7 Å². The second-order valence-electron chi connectivity index (χ2n) is 6.45. The molecular formula is C22H20N2O6S. The summed E-state index contributed by atoms with van der Waals surface area (Å²) in [6, 6.07) is 18.5. The third kappa shape index (κ3) is 5.40. The van der Waals surface area contributed by atoms with E-state index in [1.54, 1.807) is 49.4 Å². The minimum absolute atomic E-state index is 0.0183. The normalized spacial score (nSPS) is 10.8. The Balaban J connectivity index is 1.86. The summed E-state index contributed by atoms with van der Waals surface area (Å²) in [5, 5.41) is 5.22. The number of anilines is 2. The van der Waals surface area contributed by atoms with Crippen molar-refractivity contribution in [3.8, 4) is 5.75 Å². The molecule has 2 N–H and O–H groups in total. The number of rotatable bonds is 6. The molecule has 31 heavy (non-hydrogen) atoms. The molecule has 0 saturated carbocycles. The SMILES string of the molecule is COC(=O)c1cc(NC(=O)Nc2ccccc2)ccc1OS(=O)(=O)c1ccccc1C. The van der Waals surface area contributed by atoms with Gasteiger partial charge in [-0.15, -0.1) is 0 Å². The lowest BCUT2D eigenvalue weighted by Crippen LogP contribution is -2.20. The van der Waals surface area contributed by atoms with Crippen LogP contribution in [0.2, 0.25) is 0 Å². The largest absolute Gasteiger partial charge is 0.465 e. The predicted octanol–water partition coefficient (Wildman–Crippen LogP) is 4.19. The van der Waals surface area contributed by atoms with Crippen molar-refractivity contribution >= 4 is 33.5 Å². The molecule has 0 fully saturated rings. The van der Waals surface area contributed by atoms with Gasteiger partial charge in [-0.1, -0.05) is 36.4 Å². The monoisotopic (exact) mass is 440 g/mol. The Kier molecular flexibility index (Phi) is 6.56. The molecular weight excluding hydrogens is 420 g/mol.